The molecule has 3 saturated heterocycles. The summed E-state index contributed by atoms with van der Waals surface area (Å²) in [7, 11) is 0. The largest absolute Gasteiger partial charge is 0.396 e. The summed E-state index contributed by atoms with van der Waals surface area (Å²) in [4.78, 5) is 45.5. The fourth-order valence-corrected chi connectivity index (χ4v) is 9.48. The zero-order valence-electron chi connectivity index (χ0n) is 23.5. The lowest BCUT2D eigenvalue weighted by Crippen LogP contribution is -2.55. The van der Waals surface area contributed by atoms with Crippen LogP contribution in [0.3, 0.4) is 0 Å². The normalized spacial score (nSPS) is 28.4. The molecule has 2 bridgehead atoms. The molecule has 5 rings (SSSR count). The van der Waals surface area contributed by atoms with Crippen LogP contribution in [0.4, 0.5) is 11.4 Å². The van der Waals surface area contributed by atoms with Crippen LogP contribution in [0.5, 0.6) is 0 Å². The third-order valence-corrected chi connectivity index (χ3v) is 11.0. The highest BCUT2D eigenvalue weighted by Gasteiger charge is 2.75. The van der Waals surface area contributed by atoms with Gasteiger partial charge in [0.2, 0.25) is 17.7 Å². The molecule has 9 heteroatoms. The van der Waals surface area contributed by atoms with Crippen LogP contribution in [-0.2, 0) is 20.9 Å². The number of benzene rings is 2. The first-order chi connectivity index (χ1) is 19.3. The van der Waals surface area contributed by atoms with Crippen molar-refractivity contribution in [2.24, 2.45) is 17.8 Å². The Bertz CT molecular complexity index is 1220. The number of nitrogens with one attached hydrogen (secondary N) is 2. The molecular weight excluding hydrogens is 524 g/mol. The summed E-state index contributed by atoms with van der Waals surface area (Å²) in [5, 5.41) is 15.7. The van der Waals surface area contributed by atoms with E-state index in [1.807, 2.05) is 54.6 Å². The topological polar surface area (TPSA) is 102 Å². The van der Waals surface area contributed by atoms with Gasteiger partial charge in [-0.1, -0.05) is 37.3 Å². The maximum atomic E-state index is 14.0. The van der Waals surface area contributed by atoms with E-state index in [1.165, 1.54) is 0 Å². The number of hydrogen-bond donors (Lipinski definition) is 3. The lowest BCUT2D eigenvalue weighted by molar-refractivity contribution is -0.139. The maximum absolute atomic E-state index is 14.0. The average molecular weight is 565 g/mol. The second-order valence-electron chi connectivity index (χ2n) is 11.1. The smallest absolute Gasteiger partial charge is 0.248 e. The number of amides is 3. The molecular formula is C31H40N4O4S. The summed E-state index contributed by atoms with van der Waals surface area (Å²) in [6, 6.07) is 16.8. The summed E-state index contributed by atoms with van der Waals surface area (Å²) in [6.45, 7) is 8.73. The minimum absolute atomic E-state index is 0.0108. The van der Waals surface area contributed by atoms with Crippen molar-refractivity contribution in [2.75, 3.05) is 36.5 Å². The second kappa shape index (κ2) is 11.8. The van der Waals surface area contributed by atoms with Gasteiger partial charge in [-0.2, -0.15) is 0 Å². The van der Waals surface area contributed by atoms with Crippen molar-refractivity contribution in [3.63, 3.8) is 0 Å². The molecule has 6 atom stereocenters. The molecule has 3 aliphatic rings. The van der Waals surface area contributed by atoms with Crippen LogP contribution in [0.1, 0.15) is 39.2 Å². The minimum Gasteiger partial charge on any atom is -0.396 e. The number of thioether (sulfide) groups is 1. The summed E-state index contributed by atoms with van der Waals surface area (Å²) >= 11 is 1.66. The van der Waals surface area contributed by atoms with E-state index in [1.54, 1.807) is 16.7 Å². The Kier molecular flexibility index (Phi) is 8.42. The van der Waals surface area contributed by atoms with Gasteiger partial charge in [0.05, 0.1) is 16.6 Å². The number of nitrogens with zero attached hydrogens (tertiary/aromatic N) is 2. The van der Waals surface area contributed by atoms with Crippen molar-refractivity contribution < 1.29 is 19.5 Å². The Hall–Kier alpha value is -3.04. The highest BCUT2D eigenvalue weighted by Crippen LogP contribution is 2.68. The maximum Gasteiger partial charge on any atom is 0.248 e. The fourth-order valence-electron chi connectivity index (χ4n) is 7.06. The van der Waals surface area contributed by atoms with E-state index in [-0.39, 0.29) is 42.0 Å². The number of rotatable bonds is 11. The number of anilines is 2. The first-order valence-electron chi connectivity index (χ1n) is 14.4. The number of hydrogen-bond acceptors (Lipinski definition) is 6. The average Bonchev–Trinajstić information content (AvgIpc) is 3.56. The van der Waals surface area contributed by atoms with E-state index in [2.05, 4.69) is 36.3 Å². The summed E-state index contributed by atoms with van der Waals surface area (Å²) in [5.41, 5.74) is 2.77. The van der Waals surface area contributed by atoms with Gasteiger partial charge in [-0.3, -0.25) is 14.4 Å². The van der Waals surface area contributed by atoms with Crippen molar-refractivity contribution >= 4 is 40.9 Å². The van der Waals surface area contributed by atoms with Crippen LogP contribution < -0.4 is 15.5 Å². The SMILES string of the molecule is CCN(CC)c1ccc(NC(=O)C2N(CCCO)C(=O)[C@@H]3[C@H](C(=O)NCc4ccccc4)[C@@H]4CC(C)C23S4)cc1. The van der Waals surface area contributed by atoms with Gasteiger partial charge in [0, 0.05) is 49.4 Å². The molecule has 214 valence electrons. The number of aliphatic hydroxyl groups excluding tert-OH is 1. The van der Waals surface area contributed by atoms with Gasteiger partial charge >= 0.3 is 0 Å². The Morgan fingerprint density at radius 3 is 2.42 bits per heavy atom. The number of carbonyl (C=O) groups is 3. The zero-order valence-corrected chi connectivity index (χ0v) is 24.3. The van der Waals surface area contributed by atoms with E-state index >= 15 is 0 Å². The van der Waals surface area contributed by atoms with Crippen molar-refractivity contribution in [1.82, 2.24) is 10.2 Å². The fraction of sp³-hybridized carbons (Fsp3) is 0.516. The number of aliphatic hydroxyl groups is 1. The number of likely N-dealkylation sites (tertiary alicyclic amines) is 1. The van der Waals surface area contributed by atoms with E-state index in [0.29, 0.717) is 18.7 Å². The first kappa shape index (κ1) is 28.5. The summed E-state index contributed by atoms with van der Waals surface area (Å²) < 4.78 is -0.683. The standard InChI is InChI=1S/C31H40N4O4S/c1-4-34(5-2)23-14-12-22(13-15-23)33-29(38)27-31-20(3)18-24(40-31)25(26(31)30(39)35(27)16-9-17-36)28(37)32-19-21-10-7-6-8-11-21/h6-8,10-15,20,24-27,36H,4-5,9,16-19H2,1-3H3,(H,32,37)(H,33,38)/t20?,24-,25+,26-,27?,31?/m0/s1. The molecule has 3 N–H and O–H groups in total. The Morgan fingerprint density at radius 1 is 1.07 bits per heavy atom. The molecule has 40 heavy (non-hydrogen) atoms. The van der Waals surface area contributed by atoms with Crippen molar-refractivity contribution in [3.05, 3.63) is 60.2 Å². The Labute approximate surface area is 240 Å². The second-order valence-corrected chi connectivity index (χ2v) is 12.6. The van der Waals surface area contributed by atoms with E-state index in [4.69, 9.17) is 0 Å². The molecule has 3 fully saturated rings. The van der Waals surface area contributed by atoms with E-state index in [0.717, 1.165) is 30.8 Å². The van der Waals surface area contributed by atoms with Gasteiger partial charge < -0.3 is 25.5 Å². The summed E-state index contributed by atoms with van der Waals surface area (Å²) in [6.07, 6.45) is 1.16. The first-order valence-corrected chi connectivity index (χ1v) is 15.3. The van der Waals surface area contributed by atoms with Crippen LogP contribution in [0.15, 0.2) is 54.6 Å². The van der Waals surface area contributed by atoms with Crippen LogP contribution >= 0.6 is 11.8 Å². The Balaban J connectivity index is 1.40. The molecule has 2 aromatic rings. The van der Waals surface area contributed by atoms with Crippen molar-refractivity contribution in [1.29, 1.82) is 0 Å². The predicted octanol–water partition coefficient (Wildman–Crippen LogP) is 3.51. The molecule has 2 aromatic carbocycles. The molecule has 3 unspecified atom stereocenters. The number of carbonyl (C=O) groups excluding carboxylic acids is 3. The molecule has 0 aliphatic carbocycles. The van der Waals surface area contributed by atoms with E-state index in [9.17, 15) is 19.5 Å². The molecule has 0 radical (unpaired) electrons. The summed E-state index contributed by atoms with van der Waals surface area (Å²) in [5.74, 6) is -1.46. The van der Waals surface area contributed by atoms with Crippen LogP contribution in [0.2, 0.25) is 0 Å². The lowest BCUT2D eigenvalue weighted by atomic mass is 9.66. The van der Waals surface area contributed by atoms with Gasteiger partial charge in [-0.15, -0.1) is 11.8 Å². The van der Waals surface area contributed by atoms with Crippen LogP contribution in [0.25, 0.3) is 0 Å². The van der Waals surface area contributed by atoms with Crippen molar-refractivity contribution in [3.8, 4) is 0 Å². The molecule has 0 saturated carbocycles. The quantitative estimate of drug-likeness (QED) is 0.386. The number of fused-ring (bicyclic) bond motifs is 1. The van der Waals surface area contributed by atoms with Gasteiger partial charge in [0.15, 0.2) is 0 Å². The molecule has 1 spiro atoms. The zero-order chi connectivity index (χ0) is 28.4. The molecule has 3 aliphatic heterocycles. The van der Waals surface area contributed by atoms with Gasteiger partial charge in [-0.05, 0) is 62.4 Å². The highest BCUT2D eigenvalue weighted by atomic mass is 32.2. The molecule has 3 heterocycles. The van der Waals surface area contributed by atoms with Gasteiger partial charge in [0.1, 0.15) is 6.04 Å². The molecule has 8 nitrogen and oxygen atoms in total. The van der Waals surface area contributed by atoms with Gasteiger partial charge in [0.25, 0.3) is 0 Å². The Morgan fingerprint density at radius 2 is 1.77 bits per heavy atom. The third-order valence-electron chi connectivity index (χ3n) is 8.93. The van der Waals surface area contributed by atoms with Crippen LogP contribution in [-0.4, -0.2) is 70.0 Å². The van der Waals surface area contributed by atoms with Crippen LogP contribution in [0, 0.1) is 17.8 Å². The van der Waals surface area contributed by atoms with Crippen molar-refractivity contribution in [2.45, 2.75) is 56.2 Å². The lowest BCUT2D eigenvalue weighted by Gasteiger charge is -2.38. The molecule has 3 amide bonds. The molecule has 0 aromatic heterocycles. The third kappa shape index (κ3) is 4.87. The predicted molar refractivity (Wildman–Crippen MR) is 159 cm³/mol. The van der Waals surface area contributed by atoms with E-state index < -0.39 is 22.6 Å². The van der Waals surface area contributed by atoms with Gasteiger partial charge in [-0.25, -0.2) is 0 Å². The highest BCUT2D eigenvalue weighted by molar-refractivity contribution is 8.02. The minimum atomic E-state index is -0.712. The monoisotopic (exact) mass is 564 g/mol.